The van der Waals surface area contributed by atoms with E-state index >= 15 is 0 Å². The number of carbonyl (C=O) groups excluding carboxylic acids is 2. The number of likely N-dealkylation sites (N-methyl/N-ethyl adjacent to an activating group) is 1. The Morgan fingerprint density at radius 1 is 1.03 bits per heavy atom. The van der Waals surface area contributed by atoms with Crippen LogP contribution >= 0.6 is 0 Å². The van der Waals surface area contributed by atoms with Gasteiger partial charge in [-0.05, 0) is 43.3 Å². The number of benzene rings is 2. The van der Waals surface area contributed by atoms with Crippen molar-refractivity contribution in [2.45, 2.75) is 6.92 Å². The lowest BCUT2D eigenvalue weighted by atomic mass is 10.1. The zero-order chi connectivity index (χ0) is 21.8. The first-order valence-corrected chi connectivity index (χ1v) is 9.88. The molecule has 0 atom stereocenters. The fraction of sp³-hybridized carbons (Fsp3) is 0.217. The maximum atomic E-state index is 14.0. The van der Waals surface area contributed by atoms with Gasteiger partial charge in [-0.2, -0.15) is 0 Å². The number of ether oxygens (including phenoxy) is 2. The van der Waals surface area contributed by atoms with Crippen molar-refractivity contribution < 1.29 is 27.9 Å². The molecule has 31 heavy (non-hydrogen) atoms. The highest BCUT2D eigenvalue weighted by Crippen LogP contribution is 2.32. The molecule has 4 rings (SSSR count). The van der Waals surface area contributed by atoms with Gasteiger partial charge in [0.05, 0.1) is 5.56 Å². The Bertz CT molecular complexity index is 1110. The van der Waals surface area contributed by atoms with E-state index in [9.17, 15) is 14.0 Å². The highest BCUT2D eigenvalue weighted by atomic mass is 19.1. The molecule has 8 heteroatoms. The number of halogens is 1. The standard InChI is InChI=1S/C23H21FN2O5/c1-2-26(14-22(27)25-15-7-8-19-21(13-15)30-12-11-29-19)23(28)20-10-9-18(31-20)16-5-3-4-6-17(16)24/h3-10,13H,2,11-12,14H2,1H3,(H,25,27). The summed E-state index contributed by atoms with van der Waals surface area (Å²) in [7, 11) is 0. The van der Waals surface area contributed by atoms with Crippen LogP contribution < -0.4 is 14.8 Å². The lowest BCUT2D eigenvalue weighted by Gasteiger charge is -2.21. The Morgan fingerprint density at radius 3 is 2.58 bits per heavy atom. The van der Waals surface area contributed by atoms with Crippen LogP contribution in [0.1, 0.15) is 17.5 Å². The molecule has 0 aliphatic carbocycles. The number of rotatable bonds is 6. The minimum absolute atomic E-state index is 0.0345. The zero-order valence-electron chi connectivity index (χ0n) is 16.9. The molecule has 2 amide bonds. The quantitative estimate of drug-likeness (QED) is 0.648. The number of amides is 2. The Morgan fingerprint density at radius 2 is 1.81 bits per heavy atom. The van der Waals surface area contributed by atoms with Gasteiger partial charge in [0.2, 0.25) is 5.91 Å². The lowest BCUT2D eigenvalue weighted by molar-refractivity contribution is -0.116. The second-order valence-electron chi connectivity index (χ2n) is 6.87. The summed E-state index contributed by atoms with van der Waals surface area (Å²) < 4.78 is 30.5. The van der Waals surface area contributed by atoms with Crippen molar-refractivity contribution >= 4 is 17.5 Å². The fourth-order valence-electron chi connectivity index (χ4n) is 3.24. The maximum absolute atomic E-state index is 14.0. The normalized spacial score (nSPS) is 12.3. The number of fused-ring (bicyclic) bond motifs is 1. The topological polar surface area (TPSA) is 81.0 Å². The second kappa shape index (κ2) is 8.91. The van der Waals surface area contributed by atoms with Gasteiger partial charge in [-0.15, -0.1) is 0 Å². The van der Waals surface area contributed by atoms with E-state index in [0.29, 0.717) is 36.9 Å². The summed E-state index contributed by atoms with van der Waals surface area (Å²) in [6.07, 6.45) is 0. The highest BCUT2D eigenvalue weighted by molar-refractivity contribution is 5.98. The third kappa shape index (κ3) is 4.53. The Labute approximate surface area is 178 Å². The van der Waals surface area contributed by atoms with E-state index in [-0.39, 0.29) is 29.5 Å². The lowest BCUT2D eigenvalue weighted by Crippen LogP contribution is -2.37. The number of nitrogens with one attached hydrogen (secondary N) is 1. The predicted molar refractivity (Wildman–Crippen MR) is 112 cm³/mol. The zero-order valence-corrected chi connectivity index (χ0v) is 16.9. The third-order valence-electron chi connectivity index (χ3n) is 4.79. The van der Waals surface area contributed by atoms with Gasteiger partial charge in [0.15, 0.2) is 17.3 Å². The number of hydrogen-bond acceptors (Lipinski definition) is 5. The van der Waals surface area contributed by atoms with Gasteiger partial charge in [-0.3, -0.25) is 9.59 Å². The van der Waals surface area contributed by atoms with Gasteiger partial charge in [0.1, 0.15) is 31.3 Å². The molecular weight excluding hydrogens is 403 g/mol. The SMILES string of the molecule is CCN(CC(=O)Nc1ccc2c(c1)OCCO2)C(=O)c1ccc(-c2ccccc2F)o1. The first kappa shape index (κ1) is 20.5. The molecule has 0 radical (unpaired) electrons. The van der Waals surface area contributed by atoms with Gasteiger partial charge >= 0.3 is 0 Å². The smallest absolute Gasteiger partial charge is 0.290 e. The average molecular weight is 424 g/mol. The summed E-state index contributed by atoms with van der Waals surface area (Å²) in [6, 6.07) is 14.3. The minimum Gasteiger partial charge on any atom is -0.486 e. The van der Waals surface area contributed by atoms with Crippen LogP contribution in [-0.2, 0) is 4.79 Å². The van der Waals surface area contributed by atoms with E-state index in [1.807, 2.05) is 0 Å². The van der Waals surface area contributed by atoms with Crippen LogP contribution in [0.4, 0.5) is 10.1 Å². The molecule has 0 bridgehead atoms. The molecule has 2 heterocycles. The molecule has 1 aromatic heterocycles. The van der Waals surface area contributed by atoms with Gasteiger partial charge in [0.25, 0.3) is 5.91 Å². The molecule has 7 nitrogen and oxygen atoms in total. The molecule has 2 aromatic carbocycles. The summed E-state index contributed by atoms with van der Waals surface area (Å²) in [5, 5.41) is 2.75. The molecular formula is C23H21FN2O5. The van der Waals surface area contributed by atoms with E-state index < -0.39 is 11.7 Å². The third-order valence-corrected chi connectivity index (χ3v) is 4.79. The molecule has 3 aromatic rings. The predicted octanol–water partition coefficient (Wildman–Crippen LogP) is 3.96. The first-order chi connectivity index (χ1) is 15.0. The Hall–Kier alpha value is -3.81. The van der Waals surface area contributed by atoms with Crippen LogP contribution in [0.3, 0.4) is 0 Å². The summed E-state index contributed by atoms with van der Waals surface area (Å²) >= 11 is 0. The number of nitrogens with zero attached hydrogens (tertiary/aromatic N) is 1. The van der Waals surface area contributed by atoms with E-state index in [1.165, 1.54) is 23.1 Å². The summed E-state index contributed by atoms with van der Waals surface area (Å²) in [4.78, 5) is 26.7. The summed E-state index contributed by atoms with van der Waals surface area (Å²) in [6.45, 7) is 2.82. The highest BCUT2D eigenvalue weighted by Gasteiger charge is 2.22. The van der Waals surface area contributed by atoms with Crippen molar-refractivity contribution in [2.75, 3.05) is 31.6 Å². The Balaban J connectivity index is 1.42. The molecule has 1 aliphatic rings. The molecule has 0 spiro atoms. The van der Waals surface area contributed by atoms with Crippen molar-refractivity contribution in [1.29, 1.82) is 0 Å². The van der Waals surface area contributed by atoms with Crippen molar-refractivity contribution in [3.05, 3.63) is 66.2 Å². The van der Waals surface area contributed by atoms with E-state index in [1.54, 1.807) is 43.3 Å². The van der Waals surface area contributed by atoms with Gasteiger partial charge in [-0.1, -0.05) is 12.1 Å². The fourth-order valence-corrected chi connectivity index (χ4v) is 3.24. The largest absolute Gasteiger partial charge is 0.486 e. The number of carbonyl (C=O) groups is 2. The number of furan rings is 1. The molecule has 0 unspecified atom stereocenters. The summed E-state index contributed by atoms with van der Waals surface area (Å²) in [5.74, 6) is 0.199. The van der Waals surface area contributed by atoms with Crippen LogP contribution in [0.15, 0.2) is 59.0 Å². The van der Waals surface area contributed by atoms with Crippen molar-refractivity contribution in [3.8, 4) is 22.8 Å². The first-order valence-electron chi connectivity index (χ1n) is 9.88. The van der Waals surface area contributed by atoms with Crippen LogP contribution in [0.2, 0.25) is 0 Å². The monoisotopic (exact) mass is 424 g/mol. The summed E-state index contributed by atoms with van der Waals surface area (Å²) in [5.41, 5.74) is 0.804. The van der Waals surface area contributed by atoms with Gasteiger partial charge < -0.3 is 24.1 Å². The number of anilines is 1. The van der Waals surface area contributed by atoms with Crippen LogP contribution in [0.5, 0.6) is 11.5 Å². The van der Waals surface area contributed by atoms with E-state index in [4.69, 9.17) is 13.9 Å². The van der Waals surface area contributed by atoms with Crippen LogP contribution in [0.25, 0.3) is 11.3 Å². The molecule has 0 fully saturated rings. The second-order valence-corrected chi connectivity index (χ2v) is 6.87. The van der Waals surface area contributed by atoms with Crippen molar-refractivity contribution in [2.24, 2.45) is 0 Å². The molecule has 160 valence electrons. The molecule has 0 saturated heterocycles. The van der Waals surface area contributed by atoms with Gasteiger partial charge in [-0.25, -0.2) is 4.39 Å². The van der Waals surface area contributed by atoms with Crippen LogP contribution in [0, 0.1) is 5.82 Å². The molecule has 1 aliphatic heterocycles. The minimum atomic E-state index is -0.456. The Kier molecular flexibility index (Phi) is 5.88. The average Bonchev–Trinajstić information content (AvgIpc) is 3.27. The van der Waals surface area contributed by atoms with Gasteiger partial charge in [0, 0.05) is 18.3 Å². The molecule has 0 saturated carbocycles. The number of hydrogen-bond donors (Lipinski definition) is 1. The van der Waals surface area contributed by atoms with E-state index in [0.717, 1.165) is 0 Å². The molecule has 1 N–H and O–H groups in total. The van der Waals surface area contributed by atoms with Crippen LogP contribution in [-0.4, -0.2) is 43.0 Å². The van der Waals surface area contributed by atoms with Crippen molar-refractivity contribution in [3.63, 3.8) is 0 Å². The maximum Gasteiger partial charge on any atom is 0.290 e. The van der Waals surface area contributed by atoms with E-state index in [2.05, 4.69) is 5.32 Å². The van der Waals surface area contributed by atoms with Crippen molar-refractivity contribution in [1.82, 2.24) is 4.90 Å².